The normalized spacial score (nSPS) is 13.7. The van der Waals surface area contributed by atoms with Gasteiger partial charge in [-0.25, -0.2) is 0 Å². The van der Waals surface area contributed by atoms with Crippen molar-refractivity contribution in [3.8, 4) is 11.5 Å². The van der Waals surface area contributed by atoms with Crippen LogP contribution in [-0.4, -0.2) is 62.6 Å². The summed E-state index contributed by atoms with van der Waals surface area (Å²) in [6.45, 7) is 3.85. The van der Waals surface area contributed by atoms with Crippen molar-refractivity contribution in [3.63, 3.8) is 0 Å². The van der Waals surface area contributed by atoms with Crippen molar-refractivity contribution in [2.75, 3.05) is 41.0 Å². The van der Waals surface area contributed by atoms with Gasteiger partial charge in [0.25, 0.3) is 11.8 Å². The van der Waals surface area contributed by atoms with Crippen LogP contribution in [0.1, 0.15) is 24.5 Å². The van der Waals surface area contributed by atoms with Gasteiger partial charge < -0.3 is 19.1 Å². The number of hydrogen-bond acceptors (Lipinski definition) is 6. The molecule has 1 heterocycles. The number of likely N-dealkylation sites (N-methyl/N-ethyl adjacent to an activating group) is 1. The third-order valence-corrected chi connectivity index (χ3v) is 5.46. The van der Waals surface area contributed by atoms with E-state index in [0.717, 1.165) is 5.56 Å². The molecule has 7 heteroatoms. The summed E-state index contributed by atoms with van der Waals surface area (Å²) in [6, 6.07) is 15.2. The quantitative estimate of drug-likeness (QED) is 0.396. The van der Waals surface area contributed by atoms with Gasteiger partial charge in [0.05, 0.1) is 19.8 Å². The van der Waals surface area contributed by atoms with Crippen molar-refractivity contribution in [2.24, 2.45) is 0 Å². The van der Waals surface area contributed by atoms with Crippen LogP contribution in [0, 0.1) is 0 Å². The topological polar surface area (TPSA) is 68.3 Å². The molecular weight excluding hydrogens is 408 g/mol. The van der Waals surface area contributed by atoms with E-state index in [1.807, 2.05) is 42.2 Å². The molecule has 0 saturated carbocycles. The summed E-state index contributed by atoms with van der Waals surface area (Å²) in [7, 11) is 4.71. The highest BCUT2D eigenvalue weighted by Gasteiger charge is 2.41. The Morgan fingerprint density at radius 3 is 2.25 bits per heavy atom. The van der Waals surface area contributed by atoms with Crippen molar-refractivity contribution in [1.82, 2.24) is 9.80 Å². The average Bonchev–Trinajstić information content (AvgIpc) is 3.07. The minimum atomic E-state index is -0.306. The second-order valence-corrected chi connectivity index (χ2v) is 7.40. The van der Waals surface area contributed by atoms with Crippen molar-refractivity contribution in [2.45, 2.75) is 19.9 Å². The fourth-order valence-corrected chi connectivity index (χ4v) is 3.83. The number of rotatable bonds is 11. The Kier molecular flexibility index (Phi) is 7.89. The van der Waals surface area contributed by atoms with Gasteiger partial charge >= 0.3 is 0 Å². The largest absolute Gasteiger partial charge is 0.493 e. The zero-order valence-corrected chi connectivity index (χ0v) is 19.1. The van der Waals surface area contributed by atoms with Crippen LogP contribution in [-0.2, 0) is 20.9 Å². The molecule has 0 bridgehead atoms. The first-order chi connectivity index (χ1) is 15.5. The second-order valence-electron chi connectivity index (χ2n) is 7.40. The third kappa shape index (κ3) is 4.78. The summed E-state index contributed by atoms with van der Waals surface area (Å²) < 4.78 is 15.9. The predicted molar refractivity (Wildman–Crippen MR) is 122 cm³/mol. The standard InChI is InChI=1S/C25H30N2O5/c1-5-26(17-18-10-7-6-8-11-18)23-22(19-12-13-20(31-3)21(16-19)32-4)24(28)27(25(23)29)14-9-15-30-2/h6-8,10-13,16H,5,9,14-15,17H2,1-4H3. The van der Waals surface area contributed by atoms with Crippen LogP contribution in [0.25, 0.3) is 5.57 Å². The minimum absolute atomic E-state index is 0.284. The fraction of sp³-hybridized carbons (Fsp3) is 0.360. The number of carbonyl (C=O) groups is 2. The summed E-state index contributed by atoms with van der Waals surface area (Å²) in [5, 5.41) is 0. The van der Waals surface area contributed by atoms with Gasteiger partial charge in [-0.05, 0) is 36.6 Å². The van der Waals surface area contributed by atoms with E-state index in [1.54, 1.807) is 39.5 Å². The highest BCUT2D eigenvalue weighted by molar-refractivity contribution is 6.35. The van der Waals surface area contributed by atoms with Crippen LogP contribution in [0.5, 0.6) is 11.5 Å². The van der Waals surface area contributed by atoms with Crippen LogP contribution < -0.4 is 9.47 Å². The number of carbonyl (C=O) groups excluding carboxylic acids is 2. The zero-order valence-electron chi connectivity index (χ0n) is 19.1. The Bertz CT molecular complexity index is 987. The molecule has 0 spiro atoms. The molecule has 0 saturated heterocycles. The lowest BCUT2D eigenvalue weighted by molar-refractivity contribution is -0.137. The van der Waals surface area contributed by atoms with E-state index in [0.29, 0.717) is 61.0 Å². The summed E-state index contributed by atoms with van der Waals surface area (Å²) in [6.07, 6.45) is 0.575. The van der Waals surface area contributed by atoms with Gasteiger partial charge in [0.15, 0.2) is 11.5 Å². The highest BCUT2D eigenvalue weighted by Crippen LogP contribution is 2.36. The van der Waals surface area contributed by atoms with Gasteiger partial charge in [0.2, 0.25) is 0 Å². The summed E-state index contributed by atoms with van der Waals surface area (Å²) in [4.78, 5) is 30.2. The molecule has 1 aliphatic rings. The number of hydrogen-bond donors (Lipinski definition) is 0. The van der Waals surface area contributed by atoms with Crippen LogP contribution >= 0.6 is 0 Å². The van der Waals surface area contributed by atoms with E-state index in [1.165, 1.54) is 4.90 Å². The maximum Gasteiger partial charge on any atom is 0.277 e. The molecule has 3 rings (SSSR count). The number of benzene rings is 2. The first-order valence-electron chi connectivity index (χ1n) is 10.7. The van der Waals surface area contributed by atoms with Gasteiger partial charge in [0.1, 0.15) is 5.70 Å². The van der Waals surface area contributed by atoms with Crippen LogP contribution in [0.3, 0.4) is 0 Å². The molecule has 2 aromatic carbocycles. The van der Waals surface area contributed by atoms with Gasteiger partial charge in [-0.3, -0.25) is 14.5 Å². The molecule has 2 aromatic rings. The SMILES string of the molecule is CCN(Cc1ccccc1)C1=C(c2ccc(OC)c(OC)c2)C(=O)N(CCCOC)C1=O. The van der Waals surface area contributed by atoms with Crippen LogP contribution in [0.2, 0.25) is 0 Å². The number of ether oxygens (including phenoxy) is 3. The maximum atomic E-state index is 13.5. The van der Waals surface area contributed by atoms with Gasteiger partial charge in [-0.1, -0.05) is 36.4 Å². The monoisotopic (exact) mass is 438 g/mol. The molecule has 32 heavy (non-hydrogen) atoms. The van der Waals surface area contributed by atoms with E-state index in [2.05, 4.69) is 0 Å². The van der Waals surface area contributed by atoms with E-state index in [9.17, 15) is 9.59 Å². The van der Waals surface area contributed by atoms with Crippen molar-refractivity contribution < 1.29 is 23.8 Å². The summed E-state index contributed by atoms with van der Waals surface area (Å²) in [5.74, 6) is 0.471. The summed E-state index contributed by atoms with van der Waals surface area (Å²) in [5.41, 5.74) is 2.47. The molecule has 0 aliphatic carbocycles. The molecule has 0 unspecified atom stereocenters. The number of amides is 2. The van der Waals surface area contributed by atoms with E-state index < -0.39 is 0 Å². The Morgan fingerprint density at radius 1 is 0.906 bits per heavy atom. The van der Waals surface area contributed by atoms with Gasteiger partial charge in [0, 0.05) is 33.4 Å². The van der Waals surface area contributed by atoms with E-state index in [-0.39, 0.29) is 11.8 Å². The molecule has 0 atom stereocenters. The Balaban J connectivity index is 2.07. The number of nitrogens with zero attached hydrogens (tertiary/aromatic N) is 2. The molecule has 0 radical (unpaired) electrons. The predicted octanol–water partition coefficient (Wildman–Crippen LogP) is 3.34. The lowest BCUT2D eigenvalue weighted by atomic mass is 10.0. The molecule has 1 aliphatic heterocycles. The molecule has 2 amide bonds. The van der Waals surface area contributed by atoms with Crippen molar-refractivity contribution in [1.29, 1.82) is 0 Å². The van der Waals surface area contributed by atoms with Gasteiger partial charge in [-0.2, -0.15) is 0 Å². The Labute approximate surface area is 189 Å². The van der Waals surface area contributed by atoms with Gasteiger partial charge in [-0.15, -0.1) is 0 Å². The molecule has 7 nitrogen and oxygen atoms in total. The average molecular weight is 439 g/mol. The highest BCUT2D eigenvalue weighted by atomic mass is 16.5. The second kappa shape index (κ2) is 10.8. The smallest absolute Gasteiger partial charge is 0.277 e. The minimum Gasteiger partial charge on any atom is -0.493 e. The molecule has 0 fully saturated rings. The lowest BCUT2D eigenvalue weighted by Crippen LogP contribution is -2.36. The Morgan fingerprint density at radius 2 is 1.62 bits per heavy atom. The Hall–Kier alpha value is -3.32. The third-order valence-electron chi connectivity index (χ3n) is 5.46. The van der Waals surface area contributed by atoms with Crippen LogP contribution in [0.4, 0.5) is 0 Å². The van der Waals surface area contributed by atoms with E-state index in [4.69, 9.17) is 14.2 Å². The first kappa shape index (κ1) is 23.3. The number of methoxy groups -OCH3 is 3. The number of imide groups is 1. The molecular formula is C25H30N2O5. The zero-order chi connectivity index (χ0) is 23.1. The molecule has 0 N–H and O–H groups in total. The van der Waals surface area contributed by atoms with Crippen molar-refractivity contribution >= 4 is 17.4 Å². The molecule has 170 valence electrons. The van der Waals surface area contributed by atoms with Crippen molar-refractivity contribution in [3.05, 3.63) is 65.4 Å². The summed E-state index contributed by atoms with van der Waals surface area (Å²) >= 11 is 0. The first-order valence-corrected chi connectivity index (χ1v) is 10.7. The lowest BCUT2D eigenvalue weighted by Gasteiger charge is -2.25. The maximum absolute atomic E-state index is 13.5. The molecule has 0 aromatic heterocycles. The van der Waals surface area contributed by atoms with E-state index >= 15 is 0 Å². The fourth-order valence-electron chi connectivity index (χ4n) is 3.83. The van der Waals surface area contributed by atoms with Crippen LogP contribution in [0.15, 0.2) is 54.2 Å².